The normalized spacial score (nSPS) is 31.7. The molecule has 7 rings (SSSR count). The summed E-state index contributed by atoms with van der Waals surface area (Å²) in [6.07, 6.45) is 9.21. The highest BCUT2D eigenvalue weighted by Crippen LogP contribution is 2.66. The summed E-state index contributed by atoms with van der Waals surface area (Å²) >= 11 is 5.13. The number of esters is 1. The number of carbonyl (C=O) groups is 2. The summed E-state index contributed by atoms with van der Waals surface area (Å²) in [5, 5.41) is 2.03. The van der Waals surface area contributed by atoms with E-state index in [9.17, 15) is 9.59 Å². The maximum atomic E-state index is 14.0. The number of carbonyl (C=O) groups excluding carboxylic acids is 2. The van der Waals surface area contributed by atoms with Crippen LogP contribution in [0.2, 0.25) is 0 Å². The van der Waals surface area contributed by atoms with Crippen LogP contribution in [0.4, 0.5) is 0 Å². The lowest BCUT2D eigenvalue weighted by Gasteiger charge is -2.65. The Bertz CT molecular complexity index is 1400. The van der Waals surface area contributed by atoms with E-state index in [4.69, 9.17) is 9.47 Å². The van der Waals surface area contributed by atoms with E-state index in [0.717, 1.165) is 59.8 Å². The molecule has 3 aliphatic carbocycles. The summed E-state index contributed by atoms with van der Waals surface area (Å²) < 4.78 is 14.6. The van der Waals surface area contributed by atoms with Crippen LogP contribution in [0.5, 0.6) is 5.75 Å². The Morgan fingerprint density at radius 3 is 2.80 bits per heavy atom. The molecular formula is C33H39BrN2O4S. The Labute approximate surface area is 255 Å². The van der Waals surface area contributed by atoms with Gasteiger partial charge in [-0.05, 0) is 96.6 Å². The Morgan fingerprint density at radius 1 is 1.27 bits per heavy atom. The van der Waals surface area contributed by atoms with Gasteiger partial charge in [-0.3, -0.25) is 14.5 Å². The van der Waals surface area contributed by atoms with Gasteiger partial charge < -0.3 is 14.4 Å². The number of ether oxygens (including phenoxy) is 2. The van der Waals surface area contributed by atoms with E-state index in [2.05, 4.69) is 57.8 Å². The molecule has 2 aromatic rings. The van der Waals surface area contributed by atoms with Crippen LogP contribution < -0.4 is 4.74 Å². The second-order valence-corrected chi connectivity index (χ2v) is 15.0. The van der Waals surface area contributed by atoms with Crippen LogP contribution in [0.1, 0.15) is 68.9 Å². The smallest absolute Gasteiger partial charge is 0.303 e. The van der Waals surface area contributed by atoms with Crippen molar-refractivity contribution in [2.45, 2.75) is 88.5 Å². The maximum Gasteiger partial charge on any atom is 0.303 e. The molecule has 1 aromatic carbocycles. The summed E-state index contributed by atoms with van der Waals surface area (Å²) in [7, 11) is 0. The van der Waals surface area contributed by atoms with Crippen molar-refractivity contribution in [3.05, 3.63) is 56.2 Å². The minimum Gasteiger partial charge on any atom is -0.487 e. The fraction of sp³-hybridized carbons (Fsp3) is 0.576. The van der Waals surface area contributed by atoms with Crippen molar-refractivity contribution in [2.75, 3.05) is 19.6 Å². The lowest BCUT2D eigenvalue weighted by Crippen LogP contribution is -2.79. The zero-order chi connectivity index (χ0) is 28.5. The van der Waals surface area contributed by atoms with Gasteiger partial charge in [0.2, 0.25) is 5.91 Å². The van der Waals surface area contributed by atoms with Crippen molar-refractivity contribution in [1.82, 2.24) is 9.80 Å². The summed E-state index contributed by atoms with van der Waals surface area (Å²) in [5.74, 6) is 1.78. The molecule has 2 aliphatic heterocycles. The lowest BCUT2D eigenvalue weighted by atomic mass is 9.48. The molecule has 1 amide bonds. The van der Waals surface area contributed by atoms with Crippen molar-refractivity contribution in [3.8, 4) is 5.75 Å². The molecule has 0 radical (unpaired) electrons. The molecule has 5 aliphatic rings. The van der Waals surface area contributed by atoms with Crippen LogP contribution >= 0.6 is 27.3 Å². The van der Waals surface area contributed by atoms with Gasteiger partial charge in [-0.25, -0.2) is 0 Å². The zero-order valence-corrected chi connectivity index (χ0v) is 26.5. The fourth-order valence-corrected chi connectivity index (χ4v) is 9.96. The van der Waals surface area contributed by atoms with Gasteiger partial charge in [0, 0.05) is 46.4 Å². The number of hydrogen-bond donors (Lipinski definition) is 0. The van der Waals surface area contributed by atoms with Gasteiger partial charge in [0.25, 0.3) is 0 Å². The number of amides is 1. The molecule has 8 heteroatoms. The average Bonchev–Trinajstić information content (AvgIpc) is 3.53. The summed E-state index contributed by atoms with van der Waals surface area (Å²) in [4.78, 5) is 32.6. The summed E-state index contributed by atoms with van der Waals surface area (Å²) in [5.41, 5.74) is 1.45. The summed E-state index contributed by atoms with van der Waals surface area (Å²) in [6.45, 7) is 8.59. The maximum absolute atomic E-state index is 14.0. The highest BCUT2D eigenvalue weighted by Gasteiger charge is 2.75. The molecule has 41 heavy (non-hydrogen) atoms. The Morgan fingerprint density at radius 2 is 2.10 bits per heavy atom. The molecule has 2 saturated carbocycles. The monoisotopic (exact) mass is 638 g/mol. The molecule has 0 unspecified atom stereocenters. The molecule has 1 spiro atoms. The quantitative estimate of drug-likeness (QED) is 0.254. The third-order valence-electron chi connectivity index (χ3n) is 10.1. The Kier molecular flexibility index (Phi) is 6.90. The average molecular weight is 640 g/mol. The van der Waals surface area contributed by atoms with Gasteiger partial charge in [-0.2, -0.15) is 0 Å². The first-order valence-corrected chi connectivity index (χ1v) is 16.8. The minimum atomic E-state index is -0.654. The van der Waals surface area contributed by atoms with Crippen molar-refractivity contribution < 1.29 is 19.1 Å². The minimum absolute atomic E-state index is 0.0166. The SMILES string of the molecule is CC(=O)O[C@@]12CC[C@@H](N(CC(C)C)C(=O)/C=C/c3cc(Br)cs3)[C@@H]3Oc4cccc5c4[C@@]31CCN(CC1CC1)[C@@H]2C5. The molecule has 1 saturated heterocycles. The third kappa shape index (κ3) is 4.42. The van der Waals surface area contributed by atoms with E-state index in [0.29, 0.717) is 12.5 Å². The highest BCUT2D eigenvalue weighted by molar-refractivity contribution is 9.10. The molecule has 1 aromatic heterocycles. The van der Waals surface area contributed by atoms with Gasteiger partial charge in [-0.15, -0.1) is 11.3 Å². The molecule has 6 nitrogen and oxygen atoms in total. The first-order valence-electron chi connectivity index (χ1n) is 15.2. The van der Waals surface area contributed by atoms with E-state index >= 15 is 0 Å². The number of hydrogen-bond acceptors (Lipinski definition) is 6. The van der Waals surface area contributed by atoms with Gasteiger partial charge >= 0.3 is 5.97 Å². The van der Waals surface area contributed by atoms with Crippen LogP contribution in [-0.2, 0) is 26.2 Å². The number of piperidine rings is 1. The topological polar surface area (TPSA) is 59.1 Å². The number of thiophene rings is 1. The van der Waals surface area contributed by atoms with Crippen LogP contribution in [0.25, 0.3) is 6.08 Å². The van der Waals surface area contributed by atoms with E-state index < -0.39 is 11.0 Å². The Hall–Kier alpha value is -2.16. The van der Waals surface area contributed by atoms with Crippen molar-refractivity contribution in [2.24, 2.45) is 11.8 Å². The predicted molar refractivity (Wildman–Crippen MR) is 164 cm³/mol. The van der Waals surface area contributed by atoms with Crippen molar-refractivity contribution in [3.63, 3.8) is 0 Å². The van der Waals surface area contributed by atoms with Crippen LogP contribution in [-0.4, -0.2) is 65.1 Å². The first-order chi connectivity index (χ1) is 19.7. The standard InChI is InChI=1S/C33H39BrN2O4S/c1-20(2)17-36(29(38)10-9-25-16-24(34)19-41-25)26-11-12-33(40-21(3)37)28-15-23-5-4-6-27-30(23)32(33,31(26)39-27)13-14-35(28)18-22-7-8-22/h4-6,9-10,16,19-20,22,26,28,31H,7-8,11-15,17-18H2,1-3H3/b10-9+/t26-,28-,31+,32+,33-/m1/s1. The van der Waals surface area contributed by atoms with Crippen LogP contribution in [0, 0.1) is 11.8 Å². The van der Waals surface area contributed by atoms with Gasteiger partial charge in [0.1, 0.15) is 17.5 Å². The molecule has 3 fully saturated rings. The number of nitrogens with zero attached hydrogens (tertiary/aromatic N) is 2. The van der Waals surface area contributed by atoms with Crippen molar-refractivity contribution in [1.29, 1.82) is 0 Å². The first kappa shape index (κ1) is 27.7. The number of benzene rings is 1. The van der Waals surface area contributed by atoms with Gasteiger partial charge in [-0.1, -0.05) is 26.0 Å². The fourth-order valence-electron chi connectivity index (χ4n) is 8.63. The van der Waals surface area contributed by atoms with E-state index in [-0.39, 0.29) is 30.1 Å². The lowest BCUT2D eigenvalue weighted by molar-refractivity contribution is -0.224. The van der Waals surface area contributed by atoms with Crippen LogP contribution in [0.3, 0.4) is 0 Å². The molecule has 2 bridgehead atoms. The second kappa shape index (κ2) is 10.2. The summed E-state index contributed by atoms with van der Waals surface area (Å²) in [6, 6.07) is 8.49. The molecular weight excluding hydrogens is 600 g/mol. The van der Waals surface area contributed by atoms with Crippen molar-refractivity contribution >= 4 is 45.2 Å². The second-order valence-electron chi connectivity index (χ2n) is 13.2. The van der Waals surface area contributed by atoms with E-state index in [1.54, 1.807) is 24.3 Å². The molecule has 5 atom stereocenters. The van der Waals surface area contributed by atoms with Gasteiger partial charge in [0.15, 0.2) is 0 Å². The molecule has 3 heterocycles. The number of rotatable bonds is 8. The van der Waals surface area contributed by atoms with Gasteiger partial charge in [0.05, 0.1) is 17.5 Å². The largest absolute Gasteiger partial charge is 0.487 e. The Balaban J connectivity index is 1.31. The number of halogens is 1. The zero-order valence-electron chi connectivity index (χ0n) is 24.1. The van der Waals surface area contributed by atoms with E-state index in [1.807, 2.05) is 17.5 Å². The highest BCUT2D eigenvalue weighted by atomic mass is 79.9. The molecule has 218 valence electrons. The predicted octanol–water partition coefficient (Wildman–Crippen LogP) is 6.21. The number of likely N-dealkylation sites (tertiary alicyclic amines) is 1. The van der Waals surface area contributed by atoms with Crippen LogP contribution in [0.15, 0.2) is 40.2 Å². The van der Waals surface area contributed by atoms with E-state index in [1.165, 1.54) is 24.0 Å². The third-order valence-corrected chi connectivity index (χ3v) is 11.8. The molecule has 0 N–H and O–H groups in total.